The van der Waals surface area contributed by atoms with E-state index in [1.54, 1.807) is 60.7 Å². The van der Waals surface area contributed by atoms with Crippen LogP contribution in [0.4, 0.5) is 0 Å². The summed E-state index contributed by atoms with van der Waals surface area (Å²) in [5.74, 6) is -1.92. The van der Waals surface area contributed by atoms with Gasteiger partial charge in [-0.1, -0.05) is 54.6 Å². The number of amides is 2. The van der Waals surface area contributed by atoms with Crippen LogP contribution in [0.5, 0.6) is 0 Å². The van der Waals surface area contributed by atoms with E-state index in [1.807, 2.05) is 0 Å². The number of nitrogens with one attached hydrogen (secondary N) is 2. The van der Waals surface area contributed by atoms with E-state index in [-0.39, 0.29) is 6.42 Å². The number of esters is 1. The number of aliphatic hydroxyl groups is 1. The monoisotopic (exact) mass is 396 g/mol. The van der Waals surface area contributed by atoms with Gasteiger partial charge in [-0.25, -0.2) is 4.79 Å². The van der Waals surface area contributed by atoms with Crippen LogP contribution in [0, 0.1) is 0 Å². The molecule has 0 saturated carbocycles. The first-order valence-corrected chi connectivity index (χ1v) is 9.06. The van der Waals surface area contributed by atoms with Gasteiger partial charge in [-0.15, -0.1) is 6.58 Å². The molecular weight excluding hydrogens is 372 g/mol. The first-order chi connectivity index (χ1) is 14.0. The van der Waals surface area contributed by atoms with Crippen LogP contribution < -0.4 is 10.6 Å². The number of carbonyl (C=O) groups is 3. The molecule has 0 unspecified atom stereocenters. The van der Waals surface area contributed by atoms with Gasteiger partial charge in [0.25, 0.3) is 11.8 Å². The molecule has 0 aliphatic carbocycles. The third-order valence-electron chi connectivity index (χ3n) is 4.27. The van der Waals surface area contributed by atoms with Crippen molar-refractivity contribution in [3.05, 3.63) is 84.4 Å². The Morgan fingerprint density at radius 2 is 1.62 bits per heavy atom. The van der Waals surface area contributed by atoms with E-state index in [0.717, 1.165) is 0 Å². The van der Waals surface area contributed by atoms with E-state index in [1.165, 1.54) is 13.2 Å². The Hall–Kier alpha value is -3.45. The molecule has 0 aliphatic rings. The quantitative estimate of drug-likeness (QED) is 0.442. The largest absolute Gasteiger partial charge is 0.467 e. The van der Waals surface area contributed by atoms with Crippen molar-refractivity contribution in [3.8, 4) is 0 Å². The highest BCUT2D eigenvalue weighted by Gasteiger charge is 2.32. The van der Waals surface area contributed by atoms with Gasteiger partial charge in [-0.05, 0) is 24.1 Å². The van der Waals surface area contributed by atoms with Gasteiger partial charge in [-0.2, -0.15) is 0 Å². The summed E-state index contributed by atoms with van der Waals surface area (Å²) in [6, 6.07) is 15.1. The molecule has 2 aromatic rings. The lowest BCUT2D eigenvalue weighted by Crippen LogP contribution is -2.50. The smallest absolute Gasteiger partial charge is 0.328 e. The van der Waals surface area contributed by atoms with Crippen LogP contribution >= 0.6 is 0 Å². The van der Waals surface area contributed by atoms with Crippen molar-refractivity contribution in [2.24, 2.45) is 0 Å². The summed E-state index contributed by atoms with van der Waals surface area (Å²) in [6.45, 7) is 3.55. The third kappa shape index (κ3) is 6.02. The summed E-state index contributed by atoms with van der Waals surface area (Å²) in [5.41, 5.74) is 0.929. The lowest BCUT2D eigenvalue weighted by Gasteiger charge is -2.25. The van der Waals surface area contributed by atoms with E-state index in [4.69, 9.17) is 0 Å². The molecule has 0 spiro atoms. The highest BCUT2D eigenvalue weighted by Crippen LogP contribution is 2.18. The second kappa shape index (κ2) is 10.8. The van der Waals surface area contributed by atoms with Gasteiger partial charge in [-0.3, -0.25) is 9.59 Å². The maximum absolute atomic E-state index is 12.6. The first kappa shape index (κ1) is 21.8. The third-order valence-corrected chi connectivity index (χ3v) is 4.27. The van der Waals surface area contributed by atoms with Crippen molar-refractivity contribution in [1.29, 1.82) is 0 Å². The lowest BCUT2D eigenvalue weighted by atomic mass is 9.99. The van der Waals surface area contributed by atoms with E-state index < -0.39 is 36.0 Å². The topological polar surface area (TPSA) is 105 Å². The number of carbonyl (C=O) groups excluding carboxylic acids is 3. The van der Waals surface area contributed by atoms with Crippen molar-refractivity contribution in [3.63, 3.8) is 0 Å². The predicted molar refractivity (Wildman–Crippen MR) is 108 cm³/mol. The molecule has 2 rings (SSSR count). The first-order valence-electron chi connectivity index (χ1n) is 9.06. The van der Waals surface area contributed by atoms with Gasteiger partial charge in [0.2, 0.25) is 0 Å². The predicted octanol–water partition coefficient (Wildman–Crippen LogP) is 1.75. The van der Waals surface area contributed by atoms with Gasteiger partial charge >= 0.3 is 5.97 Å². The molecule has 0 heterocycles. The van der Waals surface area contributed by atoms with Crippen molar-refractivity contribution in [2.45, 2.75) is 24.6 Å². The van der Waals surface area contributed by atoms with Crippen LogP contribution in [0.3, 0.4) is 0 Å². The summed E-state index contributed by atoms with van der Waals surface area (Å²) < 4.78 is 4.66. The second-order valence-electron chi connectivity index (χ2n) is 6.28. The highest BCUT2D eigenvalue weighted by molar-refractivity contribution is 5.95. The number of aliphatic hydroxyl groups excluding tert-OH is 1. The molecular formula is C22H24N2O5. The zero-order valence-corrected chi connectivity index (χ0v) is 16.1. The van der Waals surface area contributed by atoms with Gasteiger partial charge in [0.05, 0.1) is 13.2 Å². The SMILES string of the molecule is C=CC[C@H](NC(=O)[C@H](O)[C@@H](NC(=O)c1ccccc1)c1ccccc1)C(=O)OC. The molecule has 3 atom stereocenters. The van der Waals surface area contributed by atoms with Crippen molar-refractivity contribution < 1.29 is 24.2 Å². The maximum Gasteiger partial charge on any atom is 0.328 e. The molecule has 0 bridgehead atoms. The van der Waals surface area contributed by atoms with E-state index in [2.05, 4.69) is 21.9 Å². The minimum atomic E-state index is -1.64. The summed E-state index contributed by atoms with van der Waals surface area (Å²) in [6.07, 6.45) is -0.0421. The fourth-order valence-electron chi connectivity index (χ4n) is 2.75. The molecule has 7 heteroatoms. The molecule has 2 amide bonds. The normalized spacial score (nSPS) is 13.4. The minimum Gasteiger partial charge on any atom is -0.467 e. The van der Waals surface area contributed by atoms with Crippen LogP contribution in [0.1, 0.15) is 28.4 Å². The van der Waals surface area contributed by atoms with E-state index >= 15 is 0 Å². The Morgan fingerprint density at radius 1 is 1.03 bits per heavy atom. The Morgan fingerprint density at radius 3 is 2.17 bits per heavy atom. The van der Waals surface area contributed by atoms with E-state index in [9.17, 15) is 19.5 Å². The maximum atomic E-state index is 12.6. The molecule has 0 radical (unpaired) electrons. The van der Waals surface area contributed by atoms with Gasteiger partial charge in [0, 0.05) is 5.56 Å². The zero-order chi connectivity index (χ0) is 21.2. The summed E-state index contributed by atoms with van der Waals surface area (Å²) in [7, 11) is 1.20. The lowest BCUT2D eigenvalue weighted by molar-refractivity contribution is -0.146. The molecule has 0 fully saturated rings. The van der Waals surface area contributed by atoms with Crippen molar-refractivity contribution in [2.75, 3.05) is 7.11 Å². The molecule has 0 aliphatic heterocycles. The van der Waals surface area contributed by atoms with Crippen LogP contribution in [0.15, 0.2) is 73.3 Å². The molecule has 3 N–H and O–H groups in total. The fourth-order valence-corrected chi connectivity index (χ4v) is 2.75. The summed E-state index contributed by atoms with van der Waals surface area (Å²) in [5, 5.41) is 15.8. The number of methoxy groups -OCH3 is 1. The van der Waals surface area contributed by atoms with Crippen molar-refractivity contribution in [1.82, 2.24) is 10.6 Å². The Kier molecular flexibility index (Phi) is 8.12. The minimum absolute atomic E-state index is 0.136. The summed E-state index contributed by atoms with van der Waals surface area (Å²) in [4.78, 5) is 37.0. The Labute approximate surface area is 169 Å². The fraction of sp³-hybridized carbons (Fsp3) is 0.227. The molecule has 0 saturated heterocycles. The molecule has 29 heavy (non-hydrogen) atoms. The van der Waals surface area contributed by atoms with Crippen LogP contribution in [-0.2, 0) is 14.3 Å². The second-order valence-corrected chi connectivity index (χ2v) is 6.28. The summed E-state index contributed by atoms with van der Waals surface area (Å²) >= 11 is 0. The Bertz CT molecular complexity index is 839. The average Bonchev–Trinajstić information content (AvgIpc) is 2.77. The van der Waals surface area contributed by atoms with Crippen LogP contribution in [0.2, 0.25) is 0 Å². The van der Waals surface area contributed by atoms with E-state index in [0.29, 0.717) is 11.1 Å². The van der Waals surface area contributed by atoms with Crippen LogP contribution in [0.25, 0.3) is 0 Å². The zero-order valence-electron chi connectivity index (χ0n) is 16.1. The number of hydrogen-bond acceptors (Lipinski definition) is 5. The molecule has 0 aromatic heterocycles. The number of ether oxygens (including phenoxy) is 1. The van der Waals surface area contributed by atoms with Gasteiger partial charge in [0.15, 0.2) is 6.10 Å². The Balaban J connectivity index is 2.23. The van der Waals surface area contributed by atoms with Crippen LogP contribution in [-0.4, -0.2) is 42.1 Å². The number of benzene rings is 2. The standard InChI is InChI=1S/C22H24N2O5/c1-3-10-17(22(28)29-2)23-21(27)19(25)18(15-11-6-4-7-12-15)24-20(26)16-13-8-5-9-14-16/h3-9,11-14,17-19,25H,1,10H2,2H3,(H,23,27)(H,24,26)/t17-,18-,19+/m0/s1. The number of rotatable bonds is 9. The number of hydrogen-bond donors (Lipinski definition) is 3. The molecule has 152 valence electrons. The highest BCUT2D eigenvalue weighted by atomic mass is 16.5. The van der Waals surface area contributed by atoms with Gasteiger partial charge < -0.3 is 20.5 Å². The molecule has 2 aromatic carbocycles. The average molecular weight is 396 g/mol. The van der Waals surface area contributed by atoms with Gasteiger partial charge in [0.1, 0.15) is 6.04 Å². The molecule has 7 nitrogen and oxygen atoms in total. The van der Waals surface area contributed by atoms with Crippen molar-refractivity contribution >= 4 is 17.8 Å².